The largest absolute Gasteiger partial charge is 0.324 e. The zero-order valence-corrected chi connectivity index (χ0v) is 13.0. The van der Waals surface area contributed by atoms with Crippen molar-refractivity contribution in [3.63, 3.8) is 0 Å². The first-order valence-corrected chi connectivity index (χ1v) is 8.76. The van der Waals surface area contributed by atoms with Crippen molar-refractivity contribution in [1.82, 2.24) is 4.72 Å². The normalized spacial score (nSPS) is 18.8. The third kappa shape index (κ3) is 3.40. The molecule has 1 aromatic carbocycles. The van der Waals surface area contributed by atoms with Gasteiger partial charge >= 0.3 is 0 Å². The van der Waals surface area contributed by atoms with Crippen LogP contribution in [0.2, 0.25) is 0 Å². The Labute approximate surface area is 121 Å². The van der Waals surface area contributed by atoms with E-state index >= 15 is 0 Å². The summed E-state index contributed by atoms with van der Waals surface area (Å²) in [6.07, 6.45) is 4.05. The van der Waals surface area contributed by atoms with Crippen molar-refractivity contribution in [2.75, 3.05) is 6.54 Å². The quantitative estimate of drug-likeness (QED) is 0.812. The number of hydrogen-bond donors (Lipinski definition) is 2. The van der Waals surface area contributed by atoms with E-state index in [0.717, 1.165) is 31.2 Å². The number of benzene rings is 1. The van der Waals surface area contributed by atoms with E-state index < -0.39 is 10.0 Å². The molecular formula is C15H24N2O2S. The van der Waals surface area contributed by atoms with E-state index in [0.29, 0.717) is 11.4 Å². The summed E-state index contributed by atoms with van der Waals surface area (Å²) in [4.78, 5) is 0.311. The first kappa shape index (κ1) is 15.5. The lowest BCUT2D eigenvalue weighted by Gasteiger charge is -2.15. The fourth-order valence-electron chi connectivity index (χ4n) is 2.31. The van der Waals surface area contributed by atoms with E-state index in [1.165, 1.54) is 0 Å². The molecule has 1 unspecified atom stereocenters. The van der Waals surface area contributed by atoms with Gasteiger partial charge in [0.15, 0.2) is 0 Å². The van der Waals surface area contributed by atoms with Gasteiger partial charge in [-0.2, -0.15) is 0 Å². The van der Waals surface area contributed by atoms with Crippen molar-refractivity contribution in [2.24, 2.45) is 11.1 Å². The lowest BCUT2D eigenvalue weighted by Crippen LogP contribution is -2.30. The number of hydrogen-bond acceptors (Lipinski definition) is 3. The summed E-state index contributed by atoms with van der Waals surface area (Å²) in [5.74, 6) is 0. The minimum Gasteiger partial charge on any atom is -0.324 e. The van der Waals surface area contributed by atoms with Crippen molar-refractivity contribution < 1.29 is 8.42 Å². The molecule has 0 aliphatic heterocycles. The van der Waals surface area contributed by atoms with Crippen molar-refractivity contribution in [1.29, 1.82) is 0 Å². The van der Waals surface area contributed by atoms with Gasteiger partial charge in [-0.25, -0.2) is 13.1 Å². The average Bonchev–Trinajstić information content (AvgIpc) is 3.25. The van der Waals surface area contributed by atoms with Gasteiger partial charge < -0.3 is 5.73 Å². The Morgan fingerprint density at radius 2 is 2.05 bits per heavy atom. The van der Waals surface area contributed by atoms with Gasteiger partial charge in [0.1, 0.15) is 0 Å². The highest BCUT2D eigenvalue weighted by atomic mass is 32.2. The molecule has 20 heavy (non-hydrogen) atoms. The highest BCUT2D eigenvalue weighted by Crippen LogP contribution is 2.48. The van der Waals surface area contributed by atoms with Gasteiger partial charge in [0, 0.05) is 12.6 Å². The Kier molecular flexibility index (Phi) is 4.52. The summed E-state index contributed by atoms with van der Waals surface area (Å²) in [7, 11) is -3.43. The fraction of sp³-hybridized carbons (Fsp3) is 0.600. The molecule has 1 aliphatic rings. The van der Waals surface area contributed by atoms with Crippen molar-refractivity contribution in [3.8, 4) is 0 Å². The van der Waals surface area contributed by atoms with Gasteiger partial charge in [-0.15, -0.1) is 0 Å². The van der Waals surface area contributed by atoms with E-state index in [2.05, 4.69) is 11.6 Å². The van der Waals surface area contributed by atoms with E-state index in [1.54, 1.807) is 18.2 Å². The molecule has 0 radical (unpaired) electrons. The molecule has 0 aromatic heterocycles. The number of rotatable bonds is 7. The van der Waals surface area contributed by atoms with Crippen LogP contribution in [0, 0.1) is 5.41 Å². The fourth-order valence-corrected chi connectivity index (χ4v) is 3.52. The second-order valence-electron chi connectivity index (χ2n) is 5.77. The van der Waals surface area contributed by atoms with Gasteiger partial charge in [-0.3, -0.25) is 0 Å². The highest BCUT2D eigenvalue weighted by Gasteiger charge is 2.41. The zero-order valence-electron chi connectivity index (χ0n) is 12.2. The van der Waals surface area contributed by atoms with Crippen LogP contribution in [0.5, 0.6) is 0 Å². The third-order valence-corrected chi connectivity index (χ3v) is 5.78. The Hall–Kier alpha value is -0.910. The molecule has 0 heterocycles. The maximum Gasteiger partial charge on any atom is 0.240 e. The Bertz CT molecular complexity index is 565. The van der Waals surface area contributed by atoms with Crippen molar-refractivity contribution in [2.45, 2.75) is 50.5 Å². The van der Waals surface area contributed by atoms with E-state index in [-0.39, 0.29) is 11.5 Å². The molecule has 1 atom stereocenters. The predicted molar refractivity (Wildman–Crippen MR) is 80.8 cm³/mol. The third-order valence-electron chi connectivity index (χ3n) is 4.38. The van der Waals surface area contributed by atoms with Crippen LogP contribution < -0.4 is 10.5 Å². The van der Waals surface area contributed by atoms with Gasteiger partial charge in [0.25, 0.3) is 0 Å². The molecule has 0 spiro atoms. The van der Waals surface area contributed by atoms with Crippen LogP contribution in [0.15, 0.2) is 29.2 Å². The van der Waals surface area contributed by atoms with Crippen LogP contribution in [0.25, 0.3) is 0 Å². The highest BCUT2D eigenvalue weighted by molar-refractivity contribution is 7.89. The molecule has 0 bridgehead atoms. The monoisotopic (exact) mass is 296 g/mol. The summed E-state index contributed by atoms with van der Waals surface area (Å²) in [5, 5.41) is 0. The summed E-state index contributed by atoms with van der Waals surface area (Å²) in [6, 6.07) is 6.82. The molecule has 0 amide bonds. The molecular weight excluding hydrogens is 272 g/mol. The Morgan fingerprint density at radius 3 is 2.60 bits per heavy atom. The summed E-state index contributed by atoms with van der Waals surface area (Å²) >= 11 is 0. The number of nitrogens with two attached hydrogens (primary N) is 1. The van der Waals surface area contributed by atoms with Crippen molar-refractivity contribution in [3.05, 3.63) is 29.8 Å². The topological polar surface area (TPSA) is 72.2 Å². The average molecular weight is 296 g/mol. The van der Waals surface area contributed by atoms with E-state index in [9.17, 15) is 8.42 Å². The van der Waals surface area contributed by atoms with Crippen LogP contribution >= 0.6 is 0 Å². The van der Waals surface area contributed by atoms with Crippen LogP contribution in [0.3, 0.4) is 0 Å². The second kappa shape index (κ2) is 5.84. The maximum absolute atomic E-state index is 12.3. The lowest BCUT2D eigenvalue weighted by atomic mass is 10.1. The second-order valence-corrected chi connectivity index (χ2v) is 7.53. The number of sulfonamides is 1. The minimum atomic E-state index is -3.43. The molecule has 1 fully saturated rings. The standard InChI is InChI=1S/C15H24N2O2S/c1-3-14(16)12-6-5-7-13(10-12)20(18,19)17-11-15(4-2)8-9-15/h5-7,10,14,17H,3-4,8-9,11,16H2,1-2H3. The number of nitrogens with one attached hydrogen (secondary N) is 1. The van der Waals surface area contributed by atoms with Gasteiger partial charge in [0.05, 0.1) is 4.90 Å². The predicted octanol–water partition coefficient (Wildman–Crippen LogP) is 2.56. The van der Waals surface area contributed by atoms with Crippen LogP contribution in [0.4, 0.5) is 0 Å². The lowest BCUT2D eigenvalue weighted by molar-refractivity contribution is 0.475. The van der Waals surface area contributed by atoms with Gasteiger partial charge in [-0.05, 0) is 48.8 Å². The van der Waals surface area contributed by atoms with Crippen LogP contribution in [0.1, 0.15) is 51.1 Å². The molecule has 1 saturated carbocycles. The summed E-state index contributed by atoms with van der Waals surface area (Å²) in [6.45, 7) is 4.64. The van der Waals surface area contributed by atoms with Crippen LogP contribution in [-0.4, -0.2) is 15.0 Å². The van der Waals surface area contributed by atoms with Crippen molar-refractivity contribution >= 4 is 10.0 Å². The van der Waals surface area contributed by atoms with Gasteiger partial charge in [-0.1, -0.05) is 26.0 Å². The molecule has 1 aliphatic carbocycles. The molecule has 0 saturated heterocycles. The minimum absolute atomic E-state index is 0.115. The Morgan fingerprint density at radius 1 is 1.35 bits per heavy atom. The van der Waals surface area contributed by atoms with E-state index in [1.807, 2.05) is 13.0 Å². The smallest absolute Gasteiger partial charge is 0.240 e. The molecule has 112 valence electrons. The molecule has 1 aromatic rings. The molecule has 2 rings (SSSR count). The van der Waals surface area contributed by atoms with E-state index in [4.69, 9.17) is 5.73 Å². The molecule has 5 heteroatoms. The zero-order chi connectivity index (χ0) is 14.8. The Balaban J connectivity index is 2.13. The maximum atomic E-state index is 12.3. The SMILES string of the molecule is CCC(N)c1cccc(S(=O)(=O)NCC2(CC)CC2)c1. The first-order valence-electron chi connectivity index (χ1n) is 7.28. The molecule has 3 N–H and O–H groups in total. The first-order chi connectivity index (χ1) is 9.42. The van der Waals surface area contributed by atoms with Crippen LogP contribution in [-0.2, 0) is 10.0 Å². The van der Waals surface area contributed by atoms with Gasteiger partial charge in [0.2, 0.25) is 10.0 Å². The molecule has 4 nitrogen and oxygen atoms in total. The summed E-state index contributed by atoms with van der Waals surface area (Å²) in [5.41, 5.74) is 7.03. The summed E-state index contributed by atoms with van der Waals surface area (Å²) < 4.78 is 27.4.